The largest absolute Gasteiger partial charge is 0.217 e. The summed E-state index contributed by atoms with van der Waals surface area (Å²) in [7, 11) is -3.45. The predicted octanol–water partition coefficient (Wildman–Crippen LogP) is 4.90. The van der Waals surface area contributed by atoms with Gasteiger partial charge in [-0.3, -0.25) is 0 Å². The molecule has 6 heteroatoms. The van der Waals surface area contributed by atoms with Crippen molar-refractivity contribution in [2.24, 2.45) is 0 Å². The Morgan fingerprint density at radius 3 is 2.58 bits per heavy atom. The minimum absolute atomic E-state index is 0.0877. The minimum atomic E-state index is -3.45. The van der Waals surface area contributed by atoms with Gasteiger partial charge in [0.1, 0.15) is 5.82 Å². The molecule has 1 aliphatic heterocycles. The second-order valence-electron chi connectivity index (χ2n) is 6.90. The van der Waals surface area contributed by atoms with Gasteiger partial charge in [-0.25, -0.2) is 12.8 Å². The van der Waals surface area contributed by atoms with Crippen molar-refractivity contribution in [2.75, 3.05) is 0 Å². The molecule has 2 aromatic rings. The van der Waals surface area contributed by atoms with E-state index in [1.165, 1.54) is 10.4 Å². The van der Waals surface area contributed by atoms with E-state index in [1.807, 2.05) is 37.3 Å². The highest BCUT2D eigenvalue weighted by Gasteiger charge is 2.39. The normalized spacial score (nSPS) is 23.0. The molecule has 0 saturated carbocycles. The standard InChI is InChI=1S/C20H23BrFNO2S/c1-15-7-11-19(12-8-16-5-3-2-4-6-16)26(24,25)23(15)14-17-9-10-18(21)13-20(17)22/h2-6,9-10,13,15,19H,7-8,11-12,14H2,1H3/t15-,19?/m0/s1. The number of hydrogen-bond acceptors (Lipinski definition) is 2. The van der Waals surface area contributed by atoms with Gasteiger partial charge >= 0.3 is 0 Å². The lowest BCUT2D eigenvalue weighted by atomic mass is 10.0. The van der Waals surface area contributed by atoms with Crippen LogP contribution in [0.4, 0.5) is 4.39 Å². The van der Waals surface area contributed by atoms with Gasteiger partial charge < -0.3 is 0 Å². The third-order valence-electron chi connectivity index (χ3n) is 5.09. The van der Waals surface area contributed by atoms with Crippen LogP contribution in [0.25, 0.3) is 0 Å². The summed E-state index contributed by atoms with van der Waals surface area (Å²) in [4.78, 5) is 0. The fraction of sp³-hybridized carbons (Fsp3) is 0.400. The highest BCUT2D eigenvalue weighted by molar-refractivity contribution is 9.10. The van der Waals surface area contributed by atoms with E-state index in [0.29, 0.717) is 22.9 Å². The molecule has 2 aromatic carbocycles. The minimum Gasteiger partial charge on any atom is -0.212 e. The fourth-order valence-electron chi connectivity index (χ4n) is 3.49. The van der Waals surface area contributed by atoms with Crippen LogP contribution < -0.4 is 0 Å². The Morgan fingerprint density at radius 2 is 1.88 bits per heavy atom. The molecule has 3 nitrogen and oxygen atoms in total. The van der Waals surface area contributed by atoms with Crippen LogP contribution in [0.2, 0.25) is 0 Å². The first-order valence-electron chi connectivity index (χ1n) is 8.86. The first-order valence-corrected chi connectivity index (χ1v) is 11.2. The van der Waals surface area contributed by atoms with Gasteiger partial charge in [-0.15, -0.1) is 0 Å². The summed E-state index contributed by atoms with van der Waals surface area (Å²) >= 11 is 3.24. The summed E-state index contributed by atoms with van der Waals surface area (Å²) < 4.78 is 42.6. The van der Waals surface area contributed by atoms with E-state index in [4.69, 9.17) is 0 Å². The summed E-state index contributed by atoms with van der Waals surface area (Å²) in [5.74, 6) is -0.381. The molecule has 0 amide bonds. The van der Waals surface area contributed by atoms with Crippen molar-refractivity contribution in [1.29, 1.82) is 0 Å². The molecule has 1 aliphatic rings. The van der Waals surface area contributed by atoms with E-state index < -0.39 is 15.3 Å². The summed E-state index contributed by atoms with van der Waals surface area (Å²) in [6.07, 6.45) is 2.80. The maximum absolute atomic E-state index is 14.2. The van der Waals surface area contributed by atoms with Crippen LogP contribution in [-0.4, -0.2) is 24.0 Å². The Bertz CT molecular complexity index is 857. The van der Waals surface area contributed by atoms with Crippen molar-refractivity contribution in [3.63, 3.8) is 0 Å². The Morgan fingerprint density at radius 1 is 1.15 bits per heavy atom. The molecule has 26 heavy (non-hydrogen) atoms. The summed E-state index contributed by atoms with van der Waals surface area (Å²) in [5, 5.41) is -0.405. The number of benzene rings is 2. The molecule has 0 spiro atoms. The molecule has 0 N–H and O–H groups in total. The monoisotopic (exact) mass is 439 g/mol. The number of sulfonamides is 1. The molecule has 140 valence electrons. The fourth-order valence-corrected chi connectivity index (χ4v) is 5.98. The third-order valence-corrected chi connectivity index (χ3v) is 8.04. The zero-order valence-electron chi connectivity index (χ0n) is 14.7. The van der Waals surface area contributed by atoms with Gasteiger partial charge in [-0.2, -0.15) is 4.31 Å². The second-order valence-corrected chi connectivity index (χ2v) is 9.98. The van der Waals surface area contributed by atoms with Crippen LogP contribution in [0, 0.1) is 5.82 Å². The zero-order chi connectivity index (χ0) is 18.7. The molecule has 0 radical (unpaired) electrons. The van der Waals surface area contributed by atoms with Gasteiger partial charge in [-0.05, 0) is 50.3 Å². The SMILES string of the molecule is C[C@H]1CCC(CCc2ccccc2)S(=O)(=O)N1Cc1ccc(Br)cc1F. The van der Waals surface area contributed by atoms with Crippen molar-refractivity contribution in [3.8, 4) is 0 Å². The topological polar surface area (TPSA) is 37.4 Å². The highest BCUT2D eigenvalue weighted by Crippen LogP contribution is 2.31. The smallest absolute Gasteiger partial charge is 0.212 e. The maximum Gasteiger partial charge on any atom is 0.217 e. The van der Waals surface area contributed by atoms with Crippen molar-refractivity contribution in [3.05, 3.63) is 69.9 Å². The van der Waals surface area contributed by atoms with Crippen molar-refractivity contribution in [2.45, 2.75) is 50.4 Å². The molecule has 1 saturated heterocycles. The maximum atomic E-state index is 14.2. The van der Waals surface area contributed by atoms with Gasteiger partial charge in [0.15, 0.2) is 0 Å². The van der Waals surface area contributed by atoms with E-state index >= 15 is 0 Å². The zero-order valence-corrected chi connectivity index (χ0v) is 17.1. The molecule has 0 aliphatic carbocycles. The molecule has 3 rings (SSSR count). The lowest BCUT2D eigenvalue weighted by molar-refractivity contribution is 0.276. The molecule has 1 unspecified atom stereocenters. The number of halogens is 2. The van der Waals surface area contributed by atoms with Crippen LogP contribution in [0.5, 0.6) is 0 Å². The molecule has 0 bridgehead atoms. The average Bonchev–Trinajstić information content (AvgIpc) is 2.60. The van der Waals surface area contributed by atoms with Crippen LogP contribution in [-0.2, 0) is 23.0 Å². The Hall–Kier alpha value is -1.24. The Balaban J connectivity index is 1.76. The molecular weight excluding hydrogens is 417 g/mol. The van der Waals surface area contributed by atoms with Crippen molar-refractivity contribution < 1.29 is 12.8 Å². The van der Waals surface area contributed by atoms with Crippen LogP contribution in [0.3, 0.4) is 0 Å². The van der Waals surface area contributed by atoms with E-state index in [2.05, 4.69) is 15.9 Å². The molecule has 2 atom stereocenters. The molecular formula is C20H23BrFNO2S. The van der Waals surface area contributed by atoms with Crippen LogP contribution in [0.1, 0.15) is 37.3 Å². The van der Waals surface area contributed by atoms with E-state index in [9.17, 15) is 12.8 Å². The molecule has 1 heterocycles. The second kappa shape index (κ2) is 8.19. The van der Waals surface area contributed by atoms with Crippen LogP contribution >= 0.6 is 15.9 Å². The number of nitrogens with zero attached hydrogens (tertiary/aromatic N) is 1. The summed E-state index contributed by atoms with van der Waals surface area (Å²) in [6, 6.07) is 14.6. The Kier molecular flexibility index (Phi) is 6.15. The van der Waals surface area contributed by atoms with Gasteiger partial charge in [-0.1, -0.05) is 52.3 Å². The van der Waals surface area contributed by atoms with Gasteiger partial charge in [0.05, 0.1) is 5.25 Å². The van der Waals surface area contributed by atoms with E-state index in [-0.39, 0.29) is 18.4 Å². The summed E-state index contributed by atoms with van der Waals surface area (Å²) in [6.45, 7) is 1.99. The number of aryl methyl sites for hydroxylation is 1. The third kappa shape index (κ3) is 4.35. The van der Waals surface area contributed by atoms with Crippen LogP contribution in [0.15, 0.2) is 53.0 Å². The number of rotatable bonds is 5. The van der Waals surface area contributed by atoms with E-state index in [0.717, 1.165) is 18.4 Å². The molecule has 0 aromatic heterocycles. The van der Waals surface area contributed by atoms with Gasteiger partial charge in [0.2, 0.25) is 10.0 Å². The summed E-state index contributed by atoms with van der Waals surface area (Å²) in [5.41, 5.74) is 1.55. The Labute approximate surface area is 163 Å². The lowest BCUT2D eigenvalue weighted by Gasteiger charge is -2.37. The first-order chi connectivity index (χ1) is 12.4. The first kappa shape index (κ1) is 19.5. The predicted molar refractivity (Wildman–Crippen MR) is 106 cm³/mol. The van der Waals surface area contributed by atoms with E-state index in [1.54, 1.807) is 12.1 Å². The molecule has 1 fully saturated rings. The lowest BCUT2D eigenvalue weighted by Crippen LogP contribution is -2.48. The average molecular weight is 440 g/mol. The highest BCUT2D eigenvalue weighted by atomic mass is 79.9. The quantitative estimate of drug-likeness (QED) is 0.663. The van der Waals surface area contributed by atoms with Gasteiger partial charge in [0.25, 0.3) is 0 Å². The van der Waals surface area contributed by atoms with Gasteiger partial charge in [0, 0.05) is 22.6 Å². The van der Waals surface area contributed by atoms with Crippen molar-refractivity contribution in [1.82, 2.24) is 4.31 Å². The van der Waals surface area contributed by atoms with Crippen molar-refractivity contribution >= 4 is 26.0 Å². The number of hydrogen-bond donors (Lipinski definition) is 0.